The molecule has 3 nitrogen and oxygen atoms in total. The van der Waals surface area contributed by atoms with E-state index < -0.39 is 0 Å². The highest BCUT2D eigenvalue weighted by Crippen LogP contribution is 2.20. The van der Waals surface area contributed by atoms with Gasteiger partial charge in [-0.15, -0.1) is 0 Å². The minimum atomic E-state index is 0.614. The van der Waals surface area contributed by atoms with E-state index in [0.29, 0.717) is 5.56 Å². The van der Waals surface area contributed by atoms with Crippen LogP contribution in [0.15, 0.2) is 30.5 Å². The zero-order valence-corrected chi connectivity index (χ0v) is 7.90. The molecule has 0 aliphatic carbocycles. The van der Waals surface area contributed by atoms with Crippen LogP contribution in [0.5, 0.6) is 0 Å². The van der Waals surface area contributed by atoms with Crippen molar-refractivity contribution in [3.63, 3.8) is 0 Å². The second-order valence-corrected chi connectivity index (χ2v) is 3.11. The fraction of sp³-hybridized carbons (Fsp3) is 0. The van der Waals surface area contributed by atoms with E-state index in [4.69, 9.17) is 5.26 Å². The second-order valence-electron chi connectivity index (χ2n) is 3.11. The van der Waals surface area contributed by atoms with Gasteiger partial charge in [0.25, 0.3) is 0 Å². The number of carbonyl (C=O) groups excluding carboxylic acids is 1. The summed E-state index contributed by atoms with van der Waals surface area (Å²) < 4.78 is 0. The Morgan fingerprint density at radius 1 is 1.40 bits per heavy atom. The molecule has 0 unspecified atom stereocenters. The van der Waals surface area contributed by atoms with Gasteiger partial charge in [0.15, 0.2) is 0 Å². The molecule has 0 aliphatic rings. The number of hydrogen-bond donors (Lipinski definition) is 1. The molecule has 1 N–H and O–H groups in total. The Hall–Kier alpha value is -2.34. The molecule has 1 aromatic heterocycles. The van der Waals surface area contributed by atoms with E-state index in [1.165, 1.54) is 6.08 Å². The minimum absolute atomic E-state index is 0.614. The van der Waals surface area contributed by atoms with E-state index in [1.54, 1.807) is 18.2 Å². The van der Waals surface area contributed by atoms with Crippen LogP contribution in [0, 0.1) is 11.3 Å². The van der Waals surface area contributed by atoms with Crippen molar-refractivity contribution in [1.82, 2.24) is 4.98 Å². The number of rotatable bonds is 2. The Morgan fingerprint density at radius 2 is 2.27 bits per heavy atom. The van der Waals surface area contributed by atoms with Gasteiger partial charge in [0, 0.05) is 17.1 Å². The number of fused-ring (bicyclic) bond motifs is 1. The number of nitrogens with zero attached hydrogens (tertiary/aromatic N) is 1. The Morgan fingerprint density at radius 3 is 3.00 bits per heavy atom. The fourth-order valence-corrected chi connectivity index (χ4v) is 1.49. The molecule has 0 radical (unpaired) electrons. The van der Waals surface area contributed by atoms with E-state index in [0.717, 1.165) is 22.8 Å². The van der Waals surface area contributed by atoms with Gasteiger partial charge in [-0.3, -0.25) is 4.79 Å². The molecule has 0 aliphatic heterocycles. The molecule has 2 aromatic rings. The highest BCUT2D eigenvalue weighted by molar-refractivity contribution is 5.91. The van der Waals surface area contributed by atoms with Gasteiger partial charge in [0.1, 0.15) is 6.29 Å². The third kappa shape index (κ3) is 1.65. The van der Waals surface area contributed by atoms with E-state index in [2.05, 4.69) is 11.1 Å². The second kappa shape index (κ2) is 3.81. The number of carbonyl (C=O) groups is 1. The summed E-state index contributed by atoms with van der Waals surface area (Å²) in [6.07, 6.45) is 5.69. The lowest BCUT2D eigenvalue weighted by atomic mass is 10.1. The van der Waals surface area contributed by atoms with Gasteiger partial charge in [-0.1, -0.05) is 0 Å². The van der Waals surface area contributed by atoms with E-state index in [-0.39, 0.29) is 0 Å². The molecule has 0 saturated heterocycles. The van der Waals surface area contributed by atoms with Crippen LogP contribution in [-0.4, -0.2) is 11.3 Å². The number of aromatic amines is 1. The first kappa shape index (κ1) is 9.22. The molecule has 1 aromatic carbocycles. The molecular formula is C12H8N2O. The lowest BCUT2D eigenvalue weighted by molar-refractivity contribution is -0.104. The van der Waals surface area contributed by atoms with Crippen molar-refractivity contribution in [2.24, 2.45) is 0 Å². The third-order valence-electron chi connectivity index (χ3n) is 2.20. The normalized spacial score (nSPS) is 10.6. The topological polar surface area (TPSA) is 56.6 Å². The van der Waals surface area contributed by atoms with Gasteiger partial charge in [0.2, 0.25) is 0 Å². The molecule has 2 rings (SSSR count). The first-order valence-corrected chi connectivity index (χ1v) is 4.48. The van der Waals surface area contributed by atoms with Crippen LogP contribution >= 0.6 is 0 Å². The summed E-state index contributed by atoms with van der Waals surface area (Å²) in [5, 5.41) is 9.72. The molecule has 0 atom stereocenters. The maximum Gasteiger partial charge on any atom is 0.142 e. The van der Waals surface area contributed by atoms with Gasteiger partial charge in [-0.2, -0.15) is 5.26 Å². The maximum atomic E-state index is 10.2. The van der Waals surface area contributed by atoms with Gasteiger partial charge in [0.05, 0.1) is 11.6 Å². The Kier molecular flexibility index (Phi) is 2.34. The fourth-order valence-electron chi connectivity index (χ4n) is 1.49. The number of allylic oxidation sites excluding steroid dienone is 1. The van der Waals surface area contributed by atoms with Crippen LogP contribution in [0.3, 0.4) is 0 Å². The molecule has 3 heteroatoms. The number of nitriles is 1. The lowest BCUT2D eigenvalue weighted by Gasteiger charge is -1.92. The highest BCUT2D eigenvalue weighted by atomic mass is 16.1. The van der Waals surface area contributed by atoms with Crippen LogP contribution in [0.1, 0.15) is 11.1 Å². The highest BCUT2D eigenvalue weighted by Gasteiger charge is 2.01. The summed E-state index contributed by atoms with van der Waals surface area (Å²) in [5.41, 5.74) is 2.48. The summed E-state index contributed by atoms with van der Waals surface area (Å²) in [7, 11) is 0. The van der Waals surface area contributed by atoms with Crippen LogP contribution < -0.4 is 0 Å². The number of hydrogen-bond acceptors (Lipinski definition) is 2. The summed E-state index contributed by atoms with van der Waals surface area (Å²) in [6.45, 7) is 0. The number of nitrogens with one attached hydrogen (secondary N) is 1. The van der Waals surface area contributed by atoms with E-state index >= 15 is 0 Å². The summed E-state index contributed by atoms with van der Waals surface area (Å²) >= 11 is 0. The molecule has 72 valence electrons. The van der Waals surface area contributed by atoms with Gasteiger partial charge < -0.3 is 4.98 Å². The van der Waals surface area contributed by atoms with Crippen LogP contribution in [0.4, 0.5) is 0 Å². The predicted molar refractivity (Wildman–Crippen MR) is 58.1 cm³/mol. The average Bonchev–Trinajstić information content (AvgIpc) is 2.68. The molecule has 0 saturated carbocycles. The summed E-state index contributed by atoms with van der Waals surface area (Å²) in [5.74, 6) is 0. The van der Waals surface area contributed by atoms with E-state index in [1.807, 2.05) is 12.3 Å². The van der Waals surface area contributed by atoms with Crippen LogP contribution in [0.25, 0.3) is 17.0 Å². The summed E-state index contributed by atoms with van der Waals surface area (Å²) in [6, 6.07) is 7.50. The standard InChI is InChI=1S/C12H8N2O/c13-7-9-3-4-12-11(6-9)10(8-14-12)2-1-5-15/h1-6,8,14H. The van der Waals surface area contributed by atoms with Crippen molar-refractivity contribution in [2.75, 3.05) is 0 Å². The number of aldehydes is 1. The third-order valence-corrected chi connectivity index (χ3v) is 2.20. The van der Waals surface area contributed by atoms with Gasteiger partial charge in [-0.05, 0) is 35.9 Å². The van der Waals surface area contributed by atoms with Crippen molar-refractivity contribution in [3.8, 4) is 6.07 Å². The van der Waals surface area contributed by atoms with Crippen molar-refractivity contribution in [2.45, 2.75) is 0 Å². The maximum absolute atomic E-state index is 10.2. The van der Waals surface area contributed by atoms with Crippen molar-refractivity contribution >= 4 is 23.3 Å². The molecule has 0 bridgehead atoms. The largest absolute Gasteiger partial charge is 0.361 e. The monoisotopic (exact) mass is 196 g/mol. The molecule has 1 heterocycles. The Labute approximate surface area is 86.6 Å². The smallest absolute Gasteiger partial charge is 0.142 e. The summed E-state index contributed by atoms with van der Waals surface area (Å²) in [4.78, 5) is 13.3. The van der Waals surface area contributed by atoms with Crippen molar-refractivity contribution in [3.05, 3.63) is 41.6 Å². The predicted octanol–water partition coefficient (Wildman–Crippen LogP) is 2.25. The number of benzene rings is 1. The minimum Gasteiger partial charge on any atom is -0.361 e. The van der Waals surface area contributed by atoms with Crippen molar-refractivity contribution in [1.29, 1.82) is 5.26 Å². The molecule has 0 spiro atoms. The molecule has 0 fully saturated rings. The quantitative estimate of drug-likeness (QED) is 0.591. The van der Waals surface area contributed by atoms with Crippen molar-refractivity contribution < 1.29 is 4.79 Å². The Bertz CT molecular complexity index is 573. The number of aromatic nitrogens is 1. The molecule has 15 heavy (non-hydrogen) atoms. The average molecular weight is 196 g/mol. The first-order chi connectivity index (χ1) is 7.35. The Balaban J connectivity index is 2.62. The first-order valence-electron chi connectivity index (χ1n) is 4.48. The van der Waals surface area contributed by atoms with Crippen LogP contribution in [0.2, 0.25) is 0 Å². The molecular weight excluding hydrogens is 188 g/mol. The SMILES string of the molecule is N#Cc1ccc2[nH]cc(C=CC=O)c2c1. The zero-order chi connectivity index (χ0) is 10.7. The van der Waals surface area contributed by atoms with E-state index in [9.17, 15) is 4.79 Å². The number of H-pyrrole nitrogens is 1. The van der Waals surface area contributed by atoms with Gasteiger partial charge >= 0.3 is 0 Å². The zero-order valence-electron chi connectivity index (χ0n) is 7.90. The lowest BCUT2D eigenvalue weighted by Crippen LogP contribution is -1.74. The molecule has 0 amide bonds. The van der Waals surface area contributed by atoms with Gasteiger partial charge in [-0.25, -0.2) is 0 Å². The van der Waals surface area contributed by atoms with Crippen LogP contribution in [-0.2, 0) is 4.79 Å².